The molecule has 0 unspecified atom stereocenters. The number of hydrogen-bond acceptors (Lipinski definition) is 4. The zero-order chi connectivity index (χ0) is 12.3. The van der Waals surface area contributed by atoms with Gasteiger partial charge in [-0.1, -0.05) is 5.16 Å². The van der Waals surface area contributed by atoms with Gasteiger partial charge in [-0.25, -0.2) is 0 Å². The van der Waals surface area contributed by atoms with Crippen LogP contribution in [0.3, 0.4) is 0 Å². The highest BCUT2D eigenvalue weighted by Crippen LogP contribution is 2.12. The van der Waals surface area contributed by atoms with Crippen LogP contribution < -0.4 is 5.32 Å². The van der Waals surface area contributed by atoms with Crippen LogP contribution in [0.5, 0.6) is 0 Å². The molecule has 0 aliphatic heterocycles. The van der Waals surface area contributed by atoms with Crippen LogP contribution in [0.4, 0.5) is 5.69 Å². The fourth-order valence-electron chi connectivity index (χ4n) is 1.34. The number of hydrogen-bond donors (Lipinski definition) is 1. The minimum atomic E-state index is -0.284. The number of nitriles is 1. The van der Waals surface area contributed by atoms with Gasteiger partial charge in [0.15, 0.2) is 0 Å². The molecule has 84 valence electrons. The smallest absolute Gasteiger partial charge is 0.260 e. The molecule has 0 saturated heterocycles. The first-order valence-electron chi connectivity index (χ1n) is 4.93. The van der Waals surface area contributed by atoms with E-state index in [4.69, 9.17) is 5.26 Å². The van der Waals surface area contributed by atoms with E-state index in [-0.39, 0.29) is 5.91 Å². The summed E-state index contributed by atoms with van der Waals surface area (Å²) >= 11 is 0. The predicted octanol–water partition coefficient (Wildman–Crippen LogP) is 2.11. The third-order valence-corrected chi connectivity index (χ3v) is 2.27. The number of anilines is 1. The highest BCUT2D eigenvalue weighted by Gasteiger charge is 2.12. The van der Waals surface area contributed by atoms with Crippen molar-refractivity contribution in [1.29, 1.82) is 5.26 Å². The topological polar surface area (TPSA) is 78.9 Å². The summed E-state index contributed by atoms with van der Waals surface area (Å²) in [5.41, 5.74) is 2.10. The van der Waals surface area contributed by atoms with Gasteiger partial charge in [-0.05, 0) is 31.2 Å². The molecule has 5 heteroatoms. The molecule has 0 atom stereocenters. The van der Waals surface area contributed by atoms with E-state index >= 15 is 0 Å². The summed E-state index contributed by atoms with van der Waals surface area (Å²) in [4.78, 5) is 11.8. The number of amides is 1. The predicted molar refractivity (Wildman–Crippen MR) is 60.4 cm³/mol. The van der Waals surface area contributed by atoms with Gasteiger partial charge in [0.25, 0.3) is 5.91 Å². The summed E-state index contributed by atoms with van der Waals surface area (Å²) in [5.74, 6) is -0.284. The fraction of sp³-hybridized carbons (Fsp3) is 0.0833. The molecule has 17 heavy (non-hydrogen) atoms. The van der Waals surface area contributed by atoms with E-state index in [0.717, 1.165) is 0 Å². The van der Waals surface area contributed by atoms with Crippen molar-refractivity contribution in [3.8, 4) is 6.07 Å². The van der Waals surface area contributed by atoms with Gasteiger partial charge in [-0.15, -0.1) is 0 Å². The minimum Gasteiger partial charge on any atom is -0.364 e. The Morgan fingerprint density at radius 1 is 1.41 bits per heavy atom. The van der Waals surface area contributed by atoms with Crippen LogP contribution in [0, 0.1) is 18.3 Å². The van der Waals surface area contributed by atoms with Crippen molar-refractivity contribution in [2.24, 2.45) is 0 Å². The molecule has 2 aromatic rings. The minimum absolute atomic E-state index is 0.284. The van der Waals surface area contributed by atoms with Crippen molar-refractivity contribution in [2.75, 3.05) is 5.32 Å². The molecular formula is C12H9N3O2. The number of rotatable bonds is 2. The molecule has 0 radical (unpaired) electrons. The Labute approximate surface area is 97.7 Å². The van der Waals surface area contributed by atoms with Crippen molar-refractivity contribution in [2.45, 2.75) is 6.92 Å². The molecule has 1 amide bonds. The van der Waals surface area contributed by atoms with Crippen LogP contribution in [0.25, 0.3) is 0 Å². The molecule has 0 bridgehead atoms. The monoisotopic (exact) mass is 227 g/mol. The van der Waals surface area contributed by atoms with Crippen LogP contribution in [-0.2, 0) is 0 Å². The lowest BCUT2D eigenvalue weighted by Gasteiger charge is -2.03. The first-order chi connectivity index (χ1) is 8.20. The Balaban J connectivity index is 2.14. The molecule has 1 aromatic carbocycles. The average molecular weight is 227 g/mol. The third kappa shape index (κ3) is 2.32. The molecule has 1 aromatic heterocycles. The van der Waals surface area contributed by atoms with Gasteiger partial charge in [-0.2, -0.15) is 5.26 Å². The maximum atomic E-state index is 11.8. The average Bonchev–Trinajstić information content (AvgIpc) is 2.76. The maximum absolute atomic E-state index is 11.8. The zero-order valence-electron chi connectivity index (χ0n) is 9.10. The Morgan fingerprint density at radius 3 is 2.65 bits per heavy atom. The van der Waals surface area contributed by atoms with E-state index in [2.05, 4.69) is 15.0 Å². The quantitative estimate of drug-likeness (QED) is 0.852. The van der Waals surface area contributed by atoms with Crippen LogP contribution >= 0.6 is 0 Å². The van der Waals surface area contributed by atoms with Gasteiger partial charge in [0.2, 0.25) is 0 Å². The largest absolute Gasteiger partial charge is 0.364 e. The van der Waals surface area contributed by atoms with E-state index in [1.807, 2.05) is 6.07 Å². The number of aryl methyl sites for hydroxylation is 1. The SMILES string of the molecule is Cc1nocc1C(=O)Nc1ccc(C#N)cc1. The summed E-state index contributed by atoms with van der Waals surface area (Å²) in [5, 5.41) is 15.0. The van der Waals surface area contributed by atoms with E-state index in [9.17, 15) is 4.79 Å². The molecule has 0 aliphatic carbocycles. The third-order valence-electron chi connectivity index (χ3n) is 2.27. The maximum Gasteiger partial charge on any atom is 0.260 e. The number of carbonyl (C=O) groups excluding carboxylic acids is 1. The summed E-state index contributed by atoms with van der Waals surface area (Å²) in [6, 6.07) is 8.61. The summed E-state index contributed by atoms with van der Waals surface area (Å²) in [6.45, 7) is 1.69. The molecule has 0 spiro atoms. The standard InChI is InChI=1S/C12H9N3O2/c1-8-11(7-17-15-8)12(16)14-10-4-2-9(6-13)3-5-10/h2-5,7H,1H3,(H,14,16). The number of nitrogens with one attached hydrogen (secondary N) is 1. The van der Waals surface area contributed by atoms with Crippen LogP contribution in [0.2, 0.25) is 0 Å². The Bertz CT molecular complexity index is 579. The molecular weight excluding hydrogens is 218 g/mol. The lowest BCUT2D eigenvalue weighted by molar-refractivity contribution is 0.102. The van der Waals surface area contributed by atoms with Crippen molar-refractivity contribution in [1.82, 2.24) is 5.16 Å². The molecule has 1 heterocycles. The Morgan fingerprint density at radius 2 is 2.12 bits per heavy atom. The van der Waals surface area contributed by atoms with Gasteiger partial charge < -0.3 is 9.84 Å². The Kier molecular flexibility index (Phi) is 2.88. The number of benzene rings is 1. The second-order valence-corrected chi connectivity index (χ2v) is 3.46. The Hall–Kier alpha value is -2.61. The summed E-state index contributed by atoms with van der Waals surface area (Å²) in [6.07, 6.45) is 1.30. The van der Waals surface area contributed by atoms with E-state index in [1.54, 1.807) is 31.2 Å². The van der Waals surface area contributed by atoms with Crippen molar-refractivity contribution < 1.29 is 9.32 Å². The van der Waals surface area contributed by atoms with E-state index < -0.39 is 0 Å². The molecule has 5 nitrogen and oxygen atoms in total. The summed E-state index contributed by atoms with van der Waals surface area (Å²) < 4.78 is 4.69. The highest BCUT2D eigenvalue weighted by atomic mass is 16.5. The second kappa shape index (κ2) is 4.49. The van der Waals surface area contributed by atoms with Crippen molar-refractivity contribution >= 4 is 11.6 Å². The van der Waals surface area contributed by atoms with Gasteiger partial charge in [-0.3, -0.25) is 4.79 Å². The van der Waals surface area contributed by atoms with Gasteiger partial charge in [0, 0.05) is 5.69 Å². The van der Waals surface area contributed by atoms with Crippen LogP contribution in [0.15, 0.2) is 35.1 Å². The van der Waals surface area contributed by atoms with Gasteiger partial charge in [0.1, 0.15) is 11.8 Å². The van der Waals surface area contributed by atoms with Crippen molar-refractivity contribution in [3.63, 3.8) is 0 Å². The first-order valence-corrected chi connectivity index (χ1v) is 4.93. The fourth-order valence-corrected chi connectivity index (χ4v) is 1.34. The number of aromatic nitrogens is 1. The molecule has 1 N–H and O–H groups in total. The highest BCUT2D eigenvalue weighted by molar-refractivity contribution is 6.04. The first kappa shape index (κ1) is 10.9. The number of nitrogens with zero attached hydrogens (tertiary/aromatic N) is 2. The lowest BCUT2D eigenvalue weighted by Crippen LogP contribution is -2.12. The van der Waals surface area contributed by atoms with Crippen LogP contribution in [0.1, 0.15) is 21.6 Å². The van der Waals surface area contributed by atoms with E-state index in [1.165, 1.54) is 6.26 Å². The zero-order valence-corrected chi connectivity index (χ0v) is 9.10. The van der Waals surface area contributed by atoms with Crippen molar-refractivity contribution in [3.05, 3.63) is 47.3 Å². The normalized spacial score (nSPS) is 9.65. The lowest BCUT2D eigenvalue weighted by atomic mass is 10.2. The van der Waals surface area contributed by atoms with Gasteiger partial charge in [0.05, 0.1) is 17.3 Å². The molecule has 0 saturated carbocycles. The van der Waals surface area contributed by atoms with Gasteiger partial charge >= 0.3 is 0 Å². The molecule has 0 aliphatic rings. The molecule has 0 fully saturated rings. The summed E-state index contributed by atoms with van der Waals surface area (Å²) in [7, 11) is 0. The molecule has 2 rings (SSSR count). The second-order valence-electron chi connectivity index (χ2n) is 3.46. The van der Waals surface area contributed by atoms with Crippen LogP contribution in [-0.4, -0.2) is 11.1 Å². The number of carbonyl (C=O) groups is 1. The van der Waals surface area contributed by atoms with E-state index in [0.29, 0.717) is 22.5 Å².